The number of hydrogen-bond acceptors (Lipinski definition) is 4. The van der Waals surface area contributed by atoms with Gasteiger partial charge in [-0.3, -0.25) is 0 Å². The molecule has 0 aliphatic carbocycles. The van der Waals surface area contributed by atoms with Gasteiger partial charge in [-0.15, -0.1) is 0 Å². The summed E-state index contributed by atoms with van der Waals surface area (Å²) in [4.78, 5) is 0. The molecule has 2 unspecified atom stereocenters. The van der Waals surface area contributed by atoms with Gasteiger partial charge in [0.25, 0.3) is 0 Å². The van der Waals surface area contributed by atoms with E-state index in [4.69, 9.17) is 10.6 Å². The second kappa shape index (κ2) is 18.7. The molecule has 0 N–H and O–H groups in total. The van der Waals surface area contributed by atoms with Gasteiger partial charge >= 0.3 is 257 Å². The molecule has 0 heterocycles. The van der Waals surface area contributed by atoms with Gasteiger partial charge in [0.05, 0.1) is 0 Å². The first kappa shape index (κ1) is 40.2. The van der Waals surface area contributed by atoms with Crippen LogP contribution < -0.4 is 0 Å². The van der Waals surface area contributed by atoms with Crippen molar-refractivity contribution in [2.75, 3.05) is 0 Å². The predicted octanol–water partition coefficient (Wildman–Crippen LogP) is 11.3. The maximum absolute atomic E-state index is 7.82. The Balaban J connectivity index is 7.35. The van der Waals surface area contributed by atoms with Gasteiger partial charge in [0, 0.05) is 0 Å². The van der Waals surface area contributed by atoms with E-state index >= 15 is 0 Å². The Morgan fingerprint density at radius 1 is 0.410 bits per heavy atom. The van der Waals surface area contributed by atoms with Gasteiger partial charge in [0.15, 0.2) is 0 Å². The molecule has 236 valence electrons. The zero-order valence-corrected chi connectivity index (χ0v) is 33.9. The van der Waals surface area contributed by atoms with Crippen molar-refractivity contribution in [2.45, 2.75) is 172 Å². The van der Waals surface area contributed by atoms with E-state index in [0.717, 1.165) is 49.1 Å². The molecule has 0 saturated carbocycles. The van der Waals surface area contributed by atoms with Crippen molar-refractivity contribution in [2.24, 2.45) is 35.5 Å². The molecular formula is C32H72O4Si2Zr. The summed E-state index contributed by atoms with van der Waals surface area (Å²) in [6.45, 7) is 37.2. The Morgan fingerprint density at radius 2 is 0.615 bits per heavy atom. The van der Waals surface area contributed by atoms with E-state index < -0.39 is 38.7 Å². The van der Waals surface area contributed by atoms with Crippen molar-refractivity contribution >= 4 is 16.6 Å². The summed E-state index contributed by atoms with van der Waals surface area (Å²) in [5, 5.41) is 0. The van der Waals surface area contributed by atoms with Gasteiger partial charge in [-0.25, -0.2) is 0 Å². The molecule has 4 nitrogen and oxygen atoms in total. The van der Waals surface area contributed by atoms with Crippen LogP contribution in [0.3, 0.4) is 0 Å². The molecule has 0 aromatic carbocycles. The van der Waals surface area contributed by atoms with Gasteiger partial charge < -0.3 is 0 Å². The Bertz CT molecular complexity index is 533. The Hall–Kier alpha value is 1.16. The molecule has 0 aromatic rings. The quantitative estimate of drug-likeness (QED) is 0.108. The second-order valence-electron chi connectivity index (χ2n) is 15.3. The molecule has 39 heavy (non-hydrogen) atoms. The van der Waals surface area contributed by atoms with Crippen LogP contribution in [-0.2, 0) is 32.7 Å². The van der Waals surface area contributed by atoms with Crippen molar-refractivity contribution < 1.29 is 32.7 Å². The fourth-order valence-electron chi connectivity index (χ4n) is 6.55. The van der Waals surface area contributed by atoms with E-state index in [1.807, 2.05) is 0 Å². The summed E-state index contributed by atoms with van der Waals surface area (Å²) in [6.07, 6.45) is 2.01. The summed E-state index contributed by atoms with van der Waals surface area (Å²) >= 11 is -4.57. The van der Waals surface area contributed by atoms with Crippen LogP contribution in [0.2, 0.25) is 36.3 Å². The van der Waals surface area contributed by atoms with Crippen LogP contribution >= 0.6 is 0 Å². The van der Waals surface area contributed by atoms with Crippen molar-refractivity contribution in [3.63, 3.8) is 0 Å². The molecule has 0 fully saturated rings. The van der Waals surface area contributed by atoms with E-state index in [2.05, 4.69) is 111 Å². The molecule has 0 saturated heterocycles. The van der Waals surface area contributed by atoms with E-state index in [0.29, 0.717) is 35.5 Å². The molecule has 0 spiro atoms. The fraction of sp³-hybridized carbons (Fsp3) is 1.00. The van der Waals surface area contributed by atoms with Gasteiger partial charge in [-0.2, -0.15) is 0 Å². The molecular weight excluding hydrogens is 596 g/mol. The zero-order chi connectivity index (χ0) is 30.6. The summed E-state index contributed by atoms with van der Waals surface area (Å²) < 4.78 is 30.0. The first-order valence-electron chi connectivity index (χ1n) is 16.6. The fourth-order valence-corrected chi connectivity index (χ4v) is 35.6. The first-order valence-corrected chi connectivity index (χ1v) is 25.7. The molecule has 0 radical (unpaired) electrons. The van der Waals surface area contributed by atoms with Gasteiger partial charge in [-0.05, 0) is 0 Å². The maximum atomic E-state index is 7.82. The molecule has 0 amide bonds. The summed E-state index contributed by atoms with van der Waals surface area (Å²) in [6, 6.07) is 6.87. The van der Waals surface area contributed by atoms with Gasteiger partial charge in [-0.1, -0.05) is 0 Å². The van der Waals surface area contributed by atoms with Crippen LogP contribution in [0.1, 0.15) is 124 Å². The molecule has 0 aromatic heterocycles. The van der Waals surface area contributed by atoms with E-state index in [-0.39, 0.29) is 12.2 Å². The van der Waals surface area contributed by atoms with E-state index in [1.165, 1.54) is 0 Å². The van der Waals surface area contributed by atoms with E-state index in [1.54, 1.807) is 0 Å². The Kier molecular flexibility index (Phi) is 19.3. The topological polar surface area (TPSA) is 36.9 Å². The molecule has 7 heteroatoms. The van der Waals surface area contributed by atoms with Crippen LogP contribution in [-0.4, -0.2) is 28.8 Å². The van der Waals surface area contributed by atoms with E-state index in [9.17, 15) is 0 Å². The van der Waals surface area contributed by atoms with Crippen molar-refractivity contribution in [1.82, 2.24) is 0 Å². The van der Waals surface area contributed by atoms with Crippen molar-refractivity contribution in [3.8, 4) is 0 Å². The van der Waals surface area contributed by atoms with Crippen molar-refractivity contribution in [3.05, 3.63) is 0 Å². The second-order valence-corrected chi connectivity index (χ2v) is 29.5. The third kappa shape index (κ3) is 16.5. The average Bonchev–Trinajstić information content (AvgIpc) is 2.69. The standard InChI is InChI=1S/2C12H27OSi.2C4H9O.Zr/c2*1-10(2)7-14(13,8-11(3)4)9-12(5)6;2*1-3-4(2)5;/h2*10-12H,7-9H2,1-6H3;2*4H,3H2,1-2H3;/q4*-1;+4. The van der Waals surface area contributed by atoms with Crippen LogP contribution in [0.15, 0.2) is 0 Å². The molecule has 0 aliphatic heterocycles. The average molecular weight is 668 g/mol. The van der Waals surface area contributed by atoms with Gasteiger partial charge in [0.2, 0.25) is 0 Å². The number of hydrogen-bond donors (Lipinski definition) is 0. The Labute approximate surface area is 255 Å². The van der Waals surface area contributed by atoms with Crippen LogP contribution in [0.4, 0.5) is 0 Å². The molecule has 0 rings (SSSR count). The third-order valence-corrected chi connectivity index (χ3v) is 31.4. The van der Waals surface area contributed by atoms with Crippen LogP contribution in [0.5, 0.6) is 0 Å². The number of rotatable bonds is 22. The predicted molar refractivity (Wildman–Crippen MR) is 173 cm³/mol. The van der Waals surface area contributed by atoms with Crippen LogP contribution in [0.25, 0.3) is 0 Å². The molecule has 0 aliphatic rings. The minimum atomic E-state index is -4.57. The summed E-state index contributed by atoms with van der Waals surface area (Å²) in [7, 11) is -4.52. The first-order chi connectivity index (χ1) is 17.8. The van der Waals surface area contributed by atoms with Gasteiger partial charge in [0.1, 0.15) is 0 Å². The van der Waals surface area contributed by atoms with Crippen LogP contribution in [0, 0.1) is 35.5 Å². The summed E-state index contributed by atoms with van der Waals surface area (Å²) in [5.74, 6) is 3.47. The summed E-state index contributed by atoms with van der Waals surface area (Å²) in [5.41, 5.74) is 0. The minimum absolute atomic E-state index is 0.0672. The van der Waals surface area contributed by atoms with Crippen molar-refractivity contribution in [1.29, 1.82) is 0 Å². The molecule has 0 bridgehead atoms. The normalized spacial score (nSPS) is 15.5. The SMILES string of the molecule is CCC(C)[O][Zr]([O]C(C)CC)([O][Si](CC(C)C)(CC(C)C)CC(C)C)[O][Si](CC(C)C)(CC(C)C)CC(C)C. The third-order valence-electron chi connectivity index (χ3n) is 7.21. The monoisotopic (exact) mass is 666 g/mol. The zero-order valence-electron chi connectivity index (χ0n) is 29.4. The molecule has 2 atom stereocenters. The Morgan fingerprint density at radius 3 is 0.769 bits per heavy atom.